The van der Waals surface area contributed by atoms with Crippen LogP contribution in [0.2, 0.25) is 0 Å². The number of ether oxygens (including phenoxy) is 1. The third-order valence-corrected chi connectivity index (χ3v) is 2.87. The van der Waals surface area contributed by atoms with Crippen molar-refractivity contribution in [2.24, 2.45) is 0 Å². The van der Waals surface area contributed by atoms with E-state index in [0.717, 1.165) is 12.5 Å². The number of pyridine rings is 1. The Hall–Kier alpha value is -1.98. The summed E-state index contributed by atoms with van der Waals surface area (Å²) in [5.74, 6) is 0.582. The lowest BCUT2D eigenvalue weighted by molar-refractivity contribution is -0.140. The summed E-state index contributed by atoms with van der Waals surface area (Å²) in [7, 11) is 1.51. The quantitative estimate of drug-likeness (QED) is 0.918. The van der Waals surface area contributed by atoms with E-state index in [1.165, 1.54) is 13.2 Å². The van der Waals surface area contributed by atoms with Crippen LogP contribution < -0.4 is 10.1 Å². The van der Waals surface area contributed by atoms with E-state index in [9.17, 15) is 13.2 Å². The summed E-state index contributed by atoms with van der Waals surface area (Å²) in [6, 6.07) is 5.84. The van der Waals surface area contributed by atoms with E-state index in [4.69, 9.17) is 4.74 Å². The number of nitrogens with zero attached hydrogens (tertiary/aromatic N) is 1. The molecule has 0 aliphatic rings. The van der Waals surface area contributed by atoms with Crippen LogP contribution in [0.5, 0.6) is 5.75 Å². The maximum absolute atomic E-state index is 12.8. The van der Waals surface area contributed by atoms with E-state index in [0.29, 0.717) is 28.9 Å². The molecular formula is C14H15F3N2O. The van der Waals surface area contributed by atoms with Gasteiger partial charge in [-0.3, -0.25) is 0 Å². The number of aromatic nitrogens is 1. The Morgan fingerprint density at radius 2 is 2.00 bits per heavy atom. The molecule has 1 heterocycles. The number of fused-ring (bicyclic) bond motifs is 1. The van der Waals surface area contributed by atoms with Crippen molar-refractivity contribution in [3.63, 3.8) is 0 Å². The zero-order valence-corrected chi connectivity index (χ0v) is 11.2. The second kappa shape index (κ2) is 5.56. The molecule has 108 valence electrons. The fraction of sp³-hybridized carbons (Fsp3) is 0.357. The monoisotopic (exact) mass is 284 g/mol. The van der Waals surface area contributed by atoms with Crippen molar-refractivity contribution in [3.8, 4) is 5.75 Å². The molecule has 0 aliphatic heterocycles. The van der Waals surface area contributed by atoms with Gasteiger partial charge in [-0.1, -0.05) is 6.92 Å². The summed E-state index contributed by atoms with van der Waals surface area (Å²) < 4.78 is 43.6. The molecule has 0 saturated carbocycles. The van der Waals surface area contributed by atoms with Crippen LogP contribution in [0.4, 0.5) is 18.9 Å². The second-order valence-corrected chi connectivity index (χ2v) is 4.36. The summed E-state index contributed by atoms with van der Waals surface area (Å²) in [6.07, 6.45) is -3.65. The smallest absolute Gasteiger partial charge is 0.433 e. The molecule has 0 radical (unpaired) electrons. The standard InChI is InChI=1S/C14H15F3N2O/c1-3-6-18-12-8-13(14(15,16)17)19-11-5-4-9(20-2)7-10(11)12/h4-5,7-8H,3,6H2,1-2H3,(H,18,19). The van der Waals surface area contributed by atoms with Gasteiger partial charge >= 0.3 is 6.18 Å². The molecular weight excluding hydrogens is 269 g/mol. The molecule has 6 heteroatoms. The number of benzene rings is 1. The van der Waals surface area contributed by atoms with Gasteiger partial charge in [0.05, 0.1) is 12.6 Å². The first-order valence-corrected chi connectivity index (χ1v) is 6.25. The molecule has 0 atom stereocenters. The van der Waals surface area contributed by atoms with Crippen LogP contribution in [0.1, 0.15) is 19.0 Å². The molecule has 3 nitrogen and oxygen atoms in total. The lowest BCUT2D eigenvalue weighted by atomic mass is 10.1. The molecule has 0 spiro atoms. The minimum absolute atomic E-state index is 0.291. The molecule has 2 rings (SSSR count). The average molecular weight is 284 g/mol. The zero-order chi connectivity index (χ0) is 14.8. The number of alkyl halides is 3. The molecule has 1 aromatic heterocycles. The summed E-state index contributed by atoms with van der Waals surface area (Å²) in [4.78, 5) is 3.67. The summed E-state index contributed by atoms with van der Waals surface area (Å²) in [6.45, 7) is 2.54. The van der Waals surface area contributed by atoms with Gasteiger partial charge in [0.15, 0.2) is 0 Å². The number of anilines is 1. The highest BCUT2D eigenvalue weighted by Crippen LogP contribution is 2.34. The van der Waals surface area contributed by atoms with Crippen LogP contribution in [0.3, 0.4) is 0 Å². The van der Waals surface area contributed by atoms with Crippen LogP contribution in [0.25, 0.3) is 10.9 Å². The molecule has 2 aromatic rings. The van der Waals surface area contributed by atoms with Crippen LogP contribution >= 0.6 is 0 Å². The maximum atomic E-state index is 12.8. The molecule has 0 unspecified atom stereocenters. The zero-order valence-electron chi connectivity index (χ0n) is 11.2. The van der Waals surface area contributed by atoms with Crippen molar-refractivity contribution in [3.05, 3.63) is 30.0 Å². The Morgan fingerprint density at radius 3 is 2.60 bits per heavy atom. The van der Waals surface area contributed by atoms with E-state index >= 15 is 0 Å². The lowest BCUT2D eigenvalue weighted by Gasteiger charge is -2.13. The van der Waals surface area contributed by atoms with Gasteiger partial charge in [0.1, 0.15) is 11.4 Å². The Bertz CT molecular complexity index is 611. The van der Waals surface area contributed by atoms with E-state index in [-0.39, 0.29) is 0 Å². The van der Waals surface area contributed by atoms with Gasteiger partial charge in [-0.15, -0.1) is 0 Å². The van der Waals surface area contributed by atoms with Crippen LogP contribution in [0.15, 0.2) is 24.3 Å². The topological polar surface area (TPSA) is 34.2 Å². The highest BCUT2D eigenvalue weighted by atomic mass is 19.4. The number of nitrogens with one attached hydrogen (secondary N) is 1. The second-order valence-electron chi connectivity index (χ2n) is 4.36. The molecule has 1 aromatic carbocycles. The normalized spacial score (nSPS) is 11.7. The SMILES string of the molecule is CCCNc1cc(C(F)(F)F)nc2ccc(OC)cc12. The summed E-state index contributed by atoms with van der Waals surface area (Å²) in [5, 5.41) is 3.62. The molecule has 0 amide bonds. The fourth-order valence-electron chi connectivity index (χ4n) is 1.88. The number of halogens is 3. The highest BCUT2D eigenvalue weighted by molar-refractivity contribution is 5.92. The number of hydrogen-bond acceptors (Lipinski definition) is 3. The third kappa shape index (κ3) is 2.95. The Labute approximate surface area is 114 Å². The van der Waals surface area contributed by atoms with Crippen molar-refractivity contribution in [1.29, 1.82) is 0 Å². The van der Waals surface area contributed by atoms with Crippen molar-refractivity contribution in [1.82, 2.24) is 4.98 Å². The Morgan fingerprint density at radius 1 is 1.25 bits per heavy atom. The van der Waals surface area contributed by atoms with Gasteiger partial charge in [-0.2, -0.15) is 13.2 Å². The van der Waals surface area contributed by atoms with Crippen molar-refractivity contribution in [2.45, 2.75) is 19.5 Å². The summed E-state index contributed by atoms with van der Waals surface area (Å²) in [5.41, 5.74) is -0.184. The van der Waals surface area contributed by atoms with Gasteiger partial charge in [-0.25, -0.2) is 4.98 Å². The Balaban J connectivity index is 2.61. The van der Waals surface area contributed by atoms with Gasteiger partial charge in [0.2, 0.25) is 0 Å². The van der Waals surface area contributed by atoms with E-state index in [1.807, 2.05) is 6.92 Å². The van der Waals surface area contributed by atoms with Gasteiger partial charge in [-0.05, 0) is 30.7 Å². The molecule has 0 bridgehead atoms. The van der Waals surface area contributed by atoms with E-state index in [1.54, 1.807) is 12.1 Å². The lowest BCUT2D eigenvalue weighted by Crippen LogP contribution is -2.10. The first-order valence-electron chi connectivity index (χ1n) is 6.25. The number of methoxy groups -OCH3 is 1. The van der Waals surface area contributed by atoms with E-state index in [2.05, 4.69) is 10.3 Å². The number of hydrogen-bond donors (Lipinski definition) is 1. The first kappa shape index (κ1) is 14.4. The Kier molecular flexibility index (Phi) is 4.01. The number of rotatable bonds is 4. The largest absolute Gasteiger partial charge is 0.497 e. The molecule has 0 aliphatic carbocycles. The predicted molar refractivity (Wildman–Crippen MR) is 72.1 cm³/mol. The van der Waals surface area contributed by atoms with Gasteiger partial charge in [0.25, 0.3) is 0 Å². The molecule has 20 heavy (non-hydrogen) atoms. The fourth-order valence-corrected chi connectivity index (χ4v) is 1.88. The molecule has 0 fully saturated rings. The van der Waals surface area contributed by atoms with Crippen molar-refractivity contribution < 1.29 is 17.9 Å². The van der Waals surface area contributed by atoms with Crippen molar-refractivity contribution >= 4 is 16.6 Å². The predicted octanol–water partition coefficient (Wildman–Crippen LogP) is 4.08. The van der Waals surface area contributed by atoms with Crippen LogP contribution in [0, 0.1) is 0 Å². The summed E-state index contributed by atoms with van der Waals surface area (Å²) >= 11 is 0. The van der Waals surface area contributed by atoms with Crippen LogP contribution in [-0.2, 0) is 6.18 Å². The van der Waals surface area contributed by atoms with Gasteiger partial charge in [0, 0.05) is 17.6 Å². The third-order valence-electron chi connectivity index (χ3n) is 2.87. The van der Waals surface area contributed by atoms with E-state index < -0.39 is 11.9 Å². The minimum atomic E-state index is -4.46. The molecule has 1 N–H and O–H groups in total. The van der Waals surface area contributed by atoms with Crippen LogP contribution in [-0.4, -0.2) is 18.6 Å². The molecule has 0 saturated heterocycles. The van der Waals surface area contributed by atoms with Gasteiger partial charge < -0.3 is 10.1 Å². The van der Waals surface area contributed by atoms with Crippen molar-refractivity contribution in [2.75, 3.05) is 19.0 Å². The highest BCUT2D eigenvalue weighted by Gasteiger charge is 2.33. The first-order chi connectivity index (χ1) is 9.45. The average Bonchev–Trinajstić information content (AvgIpc) is 2.42. The maximum Gasteiger partial charge on any atom is 0.433 e. The minimum Gasteiger partial charge on any atom is -0.497 e.